The van der Waals surface area contributed by atoms with Crippen LogP contribution in [-0.4, -0.2) is 80.0 Å². The Bertz CT molecular complexity index is 3370. The van der Waals surface area contributed by atoms with Crippen molar-refractivity contribution in [2.45, 2.75) is 61.9 Å². The van der Waals surface area contributed by atoms with E-state index in [1.807, 2.05) is 76.5 Å². The van der Waals surface area contributed by atoms with Crippen molar-refractivity contribution in [1.29, 1.82) is 0 Å². The molecule has 2 aliphatic carbocycles. The lowest BCUT2D eigenvalue weighted by atomic mass is 9.98. The maximum Gasteiger partial charge on any atom is 0.407 e. The molecule has 2 saturated heterocycles. The van der Waals surface area contributed by atoms with Crippen molar-refractivity contribution in [2.75, 3.05) is 14.2 Å². The van der Waals surface area contributed by atoms with Crippen molar-refractivity contribution in [3.63, 3.8) is 0 Å². The van der Waals surface area contributed by atoms with Gasteiger partial charge in [-0.25, -0.2) is 19.6 Å². The molecule has 14 nitrogen and oxygen atoms in total. The number of aromatic nitrogens is 4. The Hall–Kier alpha value is -8.00. The molecule has 4 amide bonds. The second-order valence-electron chi connectivity index (χ2n) is 18.5. The SMILES string of the molecule is C=C1C2CC2N(C(=O)[C@H](NC(=O)OC)c2ccccc2)[C@@H]1c1nc2c(ccc3cc(-c4ccc5c(ccc6[nH]c([C@@H]7CC[C@H]8C[C@H]8N7C(=O)[C@H](NC(=O)OC)c7ccccc7)nc65)c4)ccc32)[nH]1. The number of hydrogen-bond acceptors (Lipinski definition) is 8. The first kappa shape index (κ1) is 41.4. The standard InChI is InChI=1S/C54H48N8O6/c1-28-38-27-43(38)62(52(64)45(60-54(66)68-3)30-12-8-5-9-13-30)48(28)50-56-40-22-17-34-25-32(15-20-37(34)47(40)58-50)31-14-19-36-33(24-31)16-21-39-46(36)57-49(55-39)41-23-18-35-26-42(35)61(41)51(63)44(59-53(65)67-2)29-10-6-4-7-11-29/h4-17,19-22,24-25,35,38,41-45,48H,1,18,23,26-27H2,2-3H3,(H,55,57)(H,56,58)(H,59,65)(H,60,66)/t35-,38?,41-,42+,43?,44+,45+,48-/m0/s1. The Morgan fingerprint density at radius 2 is 1.16 bits per heavy atom. The molecule has 340 valence electrons. The van der Waals surface area contributed by atoms with Gasteiger partial charge in [0, 0.05) is 28.8 Å². The molecule has 4 heterocycles. The lowest BCUT2D eigenvalue weighted by Crippen LogP contribution is -2.47. The van der Waals surface area contributed by atoms with Crippen LogP contribution < -0.4 is 10.6 Å². The second-order valence-corrected chi connectivity index (χ2v) is 18.5. The lowest BCUT2D eigenvalue weighted by molar-refractivity contribution is -0.138. The average molecular weight is 905 g/mol. The maximum absolute atomic E-state index is 14.5. The average Bonchev–Trinajstić information content (AvgIpc) is 4.22. The Morgan fingerprint density at radius 1 is 0.632 bits per heavy atom. The number of fused-ring (bicyclic) bond motifs is 8. The number of nitrogens with zero attached hydrogens (tertiary/aromatic N) is 4. The number of ether oxygens (including phenoxy) is 2. The molecule has 6 aromatic carbocycles. The van der Waals surface area contributed by atoms with E-state index in [0.717, 1.165) is 91.8 Å². The van der Waals surface area contributed by atoms with Crippen molar-refractivity contribution in [2.24, 2.45) is 11.8 Å². The van der Waals surface area contributed by atoms with Crippen molar-refractivity contribution in [3.8, 4) is 11.1 Å². The van der Waals surface area contributed by atoms with Crippen LogP contribution in [0.25, 0.3) is 54.7 Å². The molecule has 2 saturated carbocycles. The number of aromatic amines is 2. The molecule has 68 heavy (non-hydrogen) atoms. The molecule has 8 atom stereocenters. The molecule has 14 heteroatoms. The number of nitrogens with one attached hydrogen (secondary N) is 4. The van der Waals surface area contributed by atoms with Crippen molar-refractivity contribution in [3.05, 3.63) is 156 Å². The van der Waals surface area contributed by atoms with Crippen LogP contribution in [0.4, 0.5) is 9.59 Å². The van der Waals surface area contributed by atoms with Gasteiger partial charge in [0.1, 0.15) is 29.8 Å². The van der Waals surface area contributed by atoms with Crippen molar-refractivity contribution >= 4 is 67.6 Å². The predicted molar refractivity (Wildman–Crippen MR) is 257 cm³/mol. The zero-order valence-corrected chi connectivity index (χ0v) is 37.4. The molecule has 0 radical (unpaired) electrons. The van der Waals surface area contributed by atoms with Crippen molar-refractivity contribution in [1.82, 2.24) is 40.4 Å². The Kier molecular flexibility index (Phi) is 9.82. The van der Waals surface area contributed by atoms with Crippen molar-refractivity contribution < 1.29 is 28.7 Å². The number of alkyl carbamates (subject to hydrolysis) is 2. The maximum atomic E-state index is 14.5. The highest BCUT2D eigenvalue weighted by Gasteiger charge is 2.59. The van der Waals surface area contributed by atoms with Crippen LogP contribution in [0.2, 0.25) is 0 Å². The summed E-state index contributed by atoms with van der Waals surface area (Å²) in [5, 5.41) is 9.60. The first-order valence-corrected chi connectivity index (χ1v) is 23.1. The normalized spacial score (nSPS) is 22.4. The number of benzene rings is 6. The number of imidazole rings is 2. The number of hydrogen-bond donors (Lipinski definition) is 4. The molecular weight excluding hydrogens is 857 g/mol. The summed E-state index contributed by atoms with van der Waals surface area (Å²) >= 11 is 0. The molecule has 0 bridgehead atoms. The number of carbonyl (C=O) groups is 4. The summed E-state index contributed by atoms with van der Waals surface area (Å²) in [6.45, 7) is 4.45. The van der Waals surface area contributed by atoms with Gasteiger partial charge in [-0.2, -0.15) is 0 Å². The van der Waals surface area contributed by atoms with E-state index in [2.05, 4.69) is 81.8 Å². The number of carbonyl (C=O) groups excluding carboxylic acids is 4. The molecule has 4 N–H and O–H groups in total. The molecule has 4 aliphatic rings. The largest absolute Gasteiger partial charge is 0.453 e. The summed E-state index contributed by atoms with van der Waals surface area (Å²) in [7, 11) is 2.59. The van der Waals surface area contributed by atoms with Crippen LogP contribution in [0.1, 0.15) is 72.6 Å². The first-order valence-electron chi connectivity index (χ1n) is 23.1. The minimum absolute atomic E-state index is 0.0221. The number of rotatable bonds is 9. The summed E-state index contributed by atoms with van der Waals surface area (Å²) in [4.78, 5) is 75.2. The summed E-state index contributed by atoms with van der Waals surface area (Å²) in [5.74, 6) is 1.58. The van der Waals surface area contributed by atoms with Gasteiger partial charge in [0.15, 0.2) is 0 Å². The summed E-state index contributed by atoms with van der Waals surface area (Å²) < 4.78 is 9.85. The highest BCUT2D eigenvalue weighted by molar-refractivity contribution is 6.08. The monoisotopic (exact) mass is 904 g/mol. The summed E-state index contributed by atoms with van der Waals surface area (Å²) in [6.07, 6.45) is 2.18. The summed E-state index contributed by atoms with van der Waals surface area (Å²) in [5.41, 5.74) is 7.79. The van der Waals surface area contributed by atoms with E-state index < -0.39 is 30.3 Å². The van der Waals surface area contributed by atoms with Gasteiger partial charge in [0.25, 0.3) is 11.8 Å². The zero-order chi connectivity index (χ0) is 46.4. The van der Waals surface area contributed by atoms with Crippen LogP contribution in [-0.2, 0) is 19.1 Å². The number of methoxy groups -OCH3 is 2. The second kappa shape index (κ2) is 16.1. The van der Waals surface area contributed by atoms with E-state index in [9.17, 15) is 19.2 Å². The summed E-state index contributed by atoms with van der Waals surface area (Å²) in [6, 6.07) is 37.1. The fourth-order valence-corrected chi connectivity index (χ4v) is 11.1. The molecule has 12 rings (SSSR count). The fourth-order valence-electron chi connectivity index (χ4n) is 11.1. The molecule has 2 aromatic heterocycles. The molecule has 8 aromatic rings. The molecule has 2 aliphatic heterocycles. The van der Waals surface area contributed by atoms with Gasteiger partial charge in [-0.3, -0.25) is 9.59 Å². The topological polar surface area (TPSA) is 175 Å². The number of amides is 4. The van der Waals surface area contributed by atoms with Gasteiger partial charge in [-0.15, -0.1) is 0 Å². The fraction of sp³-hybridized carbons (Fsp3) is 0.259. The minimum Gasteiger partial charge on any atom is -0.453 e. The quantitative estimate of drug-likeness (QED) is 0.104. The van der Waals surface area contributed by atoms with E-state index in [1.165, 1.54) is 14.2 Å². The number of H-pyrrole nitrogens is 2. The zero-order valence-electron chi connectivity index (χ0n) is 37.4. The van der Waals surface area contributed by atoms with Crippen LogP contribution in [0.3, 0.4) is 0 Å². The van der Waals surface area contributed by atoms with Crippen LogP contribution in [0.5, 0.6) is 0 Å². The van der Waals surface area contributed by atoms with E-state index in [0.29, 0.717) is 22.9 Å². The van der Waals surface area contributed by atoms with E-state index in [-0.39, 0.29) is 35.9 Å². The van der Waals surface area contributed by atoms with E-state index in [4.69, 9.17) is 19.4 Å². The minimum atomic E-state index is -0.937. The molecule has 4 fully saturated rings. The highest BCUT2D eigenvalue weighted by Crippen LogP contribution is 2.57. The van der Waals surface area contributed by atoms with Gasteiger partial charge in [0.2, 0.25) is 0 Å². The van der Waals surface area contributed by atoms with Gasteiger partial charge >= 0.3 is 12.2 Å². The van der Waals surface area contributed by atoms with Crippen LogP contribution in [0.15, 0.2) is 133 Å². The third kappa shape index (κ3) is 6.92. The van der Waals surface area contributed by atoms with Gasteiger partial charge in [0.05, 0.1) is 42.3 Å². The molecule has 0 spiro atoms. The Morgan fingerprint density at radius 3 is 1.72 bits per heavy atom. The third-order valence-electron chi connectivity index (χ3n) is 14.7. The van der Waals surface area contributed by atoms with Gasteiger partial charge < -0.3 is 39.9 Å². The predicted octanol–water partition coefficient (Wildman–Crippen LogP) is 9.49. The number of piperidine rings is 2. The lowest BCUT2D eigenvalue weighted by Gasteiger charge is -2.37. The highest BCUT2D eigenvalue weighted by atomic mass is 16.5. The third-order valence-corrected chi connectivity index (χ3v) is 14.7. The molecular formula is C54H48N8O6. The van der Waals surface area contributed by atoms with Gasteiger partial charge in [-0.05, 0) is 94.5 Å². The smallest absolute Gasteiger partial charge is 0.407 e. The van der Waals surface area contributed by atoms with E-state index in [1.54, 1.807) is 0 Å². The Balaban J connectivity index is 0.831. The molecule has 2 unspecified atom stereocenters. The van der Waals surface area contributed by atoms with Crippen LogP contribution in [0, 0.1) is 11.8 Å². The van der Waals surface area contributed by atoms with Crippen LogP contribution >= 0.6 is 0 Å². The number of likely N-dealkylation sites (tertiary alicyclic amines) is 2. The Labute approximate surface area is 390 Å². The first-order chi connectivity index (χ1) is 33.2. The van der Waals surface area contributed by atoms with E-state index >= 15 is 0 Å². The van der Waals surface area contributed by atoms with Gasteiger partial charge in [-0.1, -0.05) is 104 Å².